The van der Waals surface area contributed by atoms with Crippen molar-refractivity contribution >= 4 is 41.8 Å². The summed E-state index contributed by atoms with van der Waals surface area (Å²) in [7, 11) is 7.45. The van der Waals surface area contributed by atoms with E-state index in [1.165, 1.54) is 0 Å². The second-order valence-corrected chi connectivity index (χ2v) is 3.47. The third kappa shape index (κ3) is 2.85. The Bertz CT molecular complexity index is 530. The first-order chi connectivity index (χ1) is 8.11. The van der Waals surface area contributed by atoms with Crippen LogP contribution < -0.4 is 10.8 Å². The molecule has 6 heteroatoms. The Hall–Kier alpha value is -1.36. The van der Waals surface area contributed by atoms with Gasteiger partial charge in [-0.1, -0.05) is 37.0 Å². The number of anilines is 1. The van der Waals surface area contributed by atoms with E-state index < -0.39 is 0 Å². The molecule has 0 bridgehead atoms. The van der Waals surface area contributed by atoms with Crippen molar-refractivity contribution in [1.29, 1.82) is 0 Å². The van der Waals surface area contributed by atoms with Crippen molar-refractivity contribution in [2.75, 3.05) is 12.4 Å². The Kier molecular flexibility index (Phi) is 4.69. The van der Waals surface area contributed by atoms with Gasteiger partial charge in [-0.05, 0) is 6.92 Å². The predicted octanol–water partition coefficient (Wildman–Crippen LogP) is 1.85. The SMILES string of the molecule is CC.[B]c1cc2c(NC)nc(C)nc2nc1Cl. The fourth-order valence-electron chi connectivity index (χ4n) is 1.35. The summed E-state index contributed by atoms with van der Waals surface area (Å²) < 4.78 is 0. The van der Waals surface area contributed by atoms with Gasteiger partial charge in [0.2, 0.25) is 0 Å². The number of pyridine rings is 1. The van der Waals surface area contributed by atoms with Crippen LogP contribution in [0.2, 0.25) is 5.15 Å². The lowest BCUT2D eigenvalue weighted by Crippen LogP contribution is -2.09. The van der Waals surface area contributed by atoms with Gasteiger partial charge in [0.05, 0.1) is 5.39 Å². The van der Waals surface area contributed by atoms with Crippen LogP contribution in [-0.4, -0.2) is 29.8 Å². The highest BCUT2D eigenvalue weighted by molar-refractivity contribution is 6.44. The van der Waals surface area contributed by atoms with Crippen molar-refractivity contribution in [2.45, 2.75) is 20.8 Å². The standard InChI is InChI=1S/C9H8BClN4.C2H6/c1-4-13-8(12-2)5-3-6(10)7(11)15-9(5)14-4;1-2/h3H,1-2H3,(H,12,13,14,15);1-2H3. The van der Waals surface area contributed by atoms with Gasteiger partial charge in [-0.3, -0.25) is 0 Å². The molecule has 2 heterocycles. The smallest absolute Gasteiger partial charge is 0.166 e. The van der Waals surface area contributed by atoms with Crippen LogP contribution in [0.25, 0.3) is 11.0 Å². The number of aryl methyl sites for hydroxylation is 1. The minimum atomic E-state index is 0.266. The van der Waals surface area contributed by atoms with Crippen molar-refractivity contribution in [3.8, 4) is 0 Å². The van der Waals surface area contributed by atoms with Crippen LogP contribution in [0.15, 0.2) is 6.07 Å². The summed E-state index contributed by atoms with van der Waals surface area (Å²) in [6.45, 7) is 5.80. The van der Waals surface area contributed by atoms with Crippen LogP contribution in [0.4, 0.5) is 5.82 Å². The third-order valence-electron chi connectivity index (χ3n) is 2.02. The van der Waals surface area contributed by atoms with Gasteiger partial charge in [0.25, 0.3) is 0 Å². The van der Waals surface area contributed by atoms with E-state index in [9.17, 15) is 0 Å². The molecule has 0 amide bonds. The van der Waals surface area contributed by atoms with E-state index in [4.69, 9.17) is 19.4 Å². The number of hydrogen-bond acceptors (Lipinski definition) is 4. The van der Waals surface area contributed by atoms with E-state index in [0.717, 1.165) is 5.39 Å². The maximum atomic E-state index is 5.82. The number of nitrogens with one attached hydrogen (secondary N) is 1. The Morgan fingerprint density at radius 2 is 1.88 bits per heavy atom. The van der Waals surface area contributed by atoms with Crippen LogP contribution in [0.5, 0.6) is 0 Å². The quantitative estimate of drug-likeness (QED) is 0.618. The van der Waals surface area contributed by atoms with E-state index in [0.29, 0.717) is 22.8 Å². The van der Waals surface area contributed by atoms with Gasteiger partial charge in [-0.15, -0.1) is 0 Å². The first kappa shape index (κ1) is 13.7. The zero-order valence-electron chi connectivity index (χ0n) is 10.4. The molecular weight excluding hydrogens is 234 g/mol. The monoisotopic (exact) mass is 248 g/mol. The van der Waals surface area contributed by atoms with E-state index in [1.807, 2.05) is 13.8 Å². The number of rotatable bonds is 1. The lowest BCUT2D eigenvalue weighted by Gasteiger charge is -2.07. The van der Waals surface area contributed by atoms with Crippen LogP contribution in [0, 0.1) is 6.92 Å². The first-order valence-electron chi connectivity index (χ1n) is 5.40. The minimum absolute atomic E-state index is 0.266. The molecule has 0 aromatic carbocycles. The first-order valence-corrected chi connectivity index (χ1v) is 5.77. The summed E-state index contributed by atoms with van der Waals surface area (Å²) in [5.74, 6) is 1.34. The zero-order valence-corrected chi connectivity index (χ0v) is 11.1. The summed E-state index contributed by atoms with van der Waals surface area (Å²) in [4.78, 5) is 12.5. The fraction of sp³-hybridized carbons (Fsp3) is 0.364. The summed E-state index contributed by atoms with van der Waals surface area (Å²) in [5, 5.41) is 4.00. The summed E-state index contributed by atoms with van der Waals surface area (Å²) in [6, 6.07) is 1.72. The van der Waals surface area contributed by atoms with E-state index >= 15 is 0 Å². The number of nitrogens with zero attached hydrogens (tertiary/aromatic N) is 3. The van der Waals surface area contributed by atoms with Crippen molar-refractivity contribution in [1.82, 2.24) is 15.0 Å². The lowest BCUT2D eigenvalue weighted by molar-refractivity contribution is 1.07. The minimum Gasteiger partial charge on any atom is -0.372 e. The fourth-order valence-corrected chi connectivity index (χ4v) is 1.48. The molecule has 0 unspecified atom stereocenters. The highest BCUT2D eigenvalue weighted by Gasteiger charge is 2.07. The number of halogens is 1. The van der Waals surface area contributed by atoms with Gasteiger partial charge < -0.3 is 5.32 Å². The molecule has 0 aliphatic rings. The van der Waals surface area contributed by atoms with Gasteiger partial charge in [-0.2, -0.15) is 0 Å². The number of hydrogen-bond donors (Lipinski definition) is 1. The van der Waals surface area contributed by atoms with Crippen LogP contribution in [0.3, 0.4) is 0 Å². The molecule has 0 saturated heterocycles. The molecule has 2 aromatic rings. The normalized spacial score (nSPS) is 9.71. The second kappa shape index (κ2) is 5.82. The molecule has 0 aliphatic carbocycles. The summed E-state index contributed by atoms with van der Waals surface area (Å²) in [6.07, 6.45) is 0. The maximum absolute atomic E-state index is 5.82. The van der Waals surface area contributed by atoms with Crippen LogP contribution in [-0.2, 0) is 0 Å². The molecule has 17 heavy (non-hydrogen) atoms. The highest BCUT2D eigenvalue weighted by Crippen LogP contribution is 2.18. The molecule has 0 aliphatic heterocycles. The van der Waals surface area contributed by atoms with Gasteiger partial charge in [0, 0.05) is 7.05 Å². The summed E-state index contributed by atoms with van der Waals surface area (Å²) >= 11 is 5.82. The molecule has 2 radical (unpaired) electrons. The van der Waals surface area contributed by atoms with Gasteiger partial charge in [0.1, 0.15) is 24.6 Å². The maximum Gasteiger partial charge on any atom is 0.166 e. The molecule has 0 atom stereocenters. The Labute approximate surface area is 107 Å². The average molecular weight is 249 g/mol. The second-order valence-electron chi connectivity index (χ2n) is 3.11. The molecule has 88 valence electrons. The number of fused-ring (bicyclic) bond motifs is 1. The van der Waals surface area contributed by atoms with Gasteiger partial charge in [0.15, 0.2) is 5.65 Å². The molecule has 1 N–H and O–H groups in total. The lowest BCUT2D eigenvalue weighted by atomic mass is 9.97. The summed E-state index contributed by atoms with van der Waals surface area (Å²) in [5.41, 5.74) is 0.971. The van der Waals surface area contributed by atoms with Crippen molar-refractivity contribution in [3.05, 3.63) is 17.0 Å². The molecule has 2 aromatic heterocycles. The predicted molar refractivity (Wildman–Crippen MR) is 73.4 cm³/mol. The zero-order chi connectivity index (χ0) is 13.0. The van der Waals surface area contributed by atoms with E-state index in [-0.39, 0.29) is 5.15 Å². The van der Waals surface area contributed by atoms with E-state index in [1.54, 1.807) is 20.0 Å². The Morgan fingerprint density at radius 1 is 1.24 bits per heavy atom. The van der Waals surface area contributed by atoms with Crippen molar-refractivity contribution in [3.63, 3.8) is 0 Å². The molecule has 0 spiro atoms. The molecule has 2 rings (SSSR count). The molecule has 0 saturated carbocycles. The average Bonchev–Trinajstić information content (AvgIpc) is 2.33. The van der Waals surface area contributed by atoms with Crippen molar-refractivity contribution in [2.24, 2.45) is 0 Å². The van der Waals surface area contributed by atoms with Gasteiger partial charge in [-0.25, -0.2) is 15.0 Å². The largest absolute Gasteiger partial charge is 0.372 e. The van der Waals surface area contributed by atoms with Crippen molar-refractivity contribution < 1.29 is 0 Å². The highest BCUT2D eigenvalue weighted by atomic mass is 35.5. The van der Waals surface area contributed by atoms with E-state index in [2.05, 4.69) is 20.3 Å². The Balaban J connectivity index is 0.000000686. The number of aromatic nitrogens is 3. The topological polar surface area (TPSA) is 50.7 Å². The Morgan fingerprint density at radius 3 is 2.47 bits per heavy atom. The third-order valence-corrected chi connectivity index (χ3v) is 2.32. The molecular formula is C11H14BClN4. The van der Waals surface area contributed by atoms with Crippen LogP contribution >= 0.6 is 11.6 Å². The molecule has 4 nitrogen and oxygen atoms in total. The van der Waals surface area contributed by atoms with Gasteiger partial charge >= 0.3 is 0 Å². The molecule has 0 fully saturated rings. The van der Waals surface area contributed by atoms with Crippen LogP contribution in [0.1, 0.15) is 19.7 Å².